The second-order valence-corrected chi connectivity index (χ2v) is 7.89. The minimum atomic E-state index is -3.91. The van der Waals surface area contributed by atoms with Crippen molar-refractivity contribution in [3.63, 3.8) is 0 Å². The lowest BCUT2D eigenvalue weighted by atomic mass is 10.1. The van der Waals surface area contributed by atoms with Crippen molar-refractivity contribution in [3.05, 3.63) is 40.4 Å². The van der Waals surface area contributed by atoms with E-state index in [1.54, 1.807) is 19.1 Å². The maximum absolute atomic E-state index is 12.2. The number of carboxylic acid groups (broad SMARTS) is 1. The molecule has 0 aliphatic heterocycles. The van der Waals surface area contributed by atoms with E-state index in [-0.39, 0.29) is 16.4 Å². The average molecular weight is 367 g/mol. The number of hydrogen-bond donors (Lipinski definition) is 1. The summed E-state index contributed by atoms with van der Waals surface area (Å²) < 4.78 is 27.7. The van der Waals surface area contributed by atoms with E-state index in [9.17, 15) is 13.2 Å². The van der Waals surface area contributed by atoms with Crippen LogP contribution in [0.3, 0.4) is 0 Å². The second-order valence-electron chi connectivity index (χ2n) is 5.12. The third-order valence-corrected chi connectivity index (χ3v) is 5.26. The van der Waals surface area contributed by atoms with Crippen molar-refractivity contribution >= 4 is 32.5 Å². The predicted molar refractivity (Wildman–Crippen MR) is 90.3 cm³/mol. The Bertz CT molecular complexity index is 855. The third kappa shape index (κ3) is 4.68. The first-order valence-electron chi connectivity index (χ1n) is 7.27. The molecule has 0 fully saturated rings. The summed E-state index contributed by atoms with van der Waals surface area (Å²) in [5, 5.41) is 12.6. The molecule has 1 aromatic carbocycles. The zero-order chi connectivity index (χ0) is 17.7. The number of hydrogen-bond acceptors (Lipinski definition) is 6. The van der Waals surface area contributed by atoms with Crippen molar-refractivity contribution in [2.24, 2.45) is 9.63 Å². The normalized spacial score (nSPS) is 11.9. The molecule has 7 nitrogen and oxygen atoms in total. The van der Waals surface area contributed by atoms with E-state index in [2.05, 4.69) is 14.6 Å². The molecule has 0 spiro atoms. The maximum atomic E-state index is 12.2. The highest BCUT2D eigenvalue weighted by atomic mass is 32.2. The fourth-order valence-corrected chi connectivity index (χ4v) is 3.57. The van der Waals surface area contributed by atoms with Gasteiger partial charge in [-0.05, 0) is 31.0 Å². The van der Waals surface area contributed by atoms with Gasteiger partial charge in [0.05, 0.1) is 17.0 Å². The van der Waals surface area contributed by atoms with Crippen LogP contribution in [0, 0.1) is 6.92 Å². The van der Waals surface area contributed by atoms with Gasteiger partial charge in [-0.2, -0.15) is 8.42 Å². The van der Waals surface area contributed by atoms with E-state index >= 15 is 0 Å². The highest BCUT2D eigenvalue weighted by Crippen LogP contribution is 2.26. The first-order valence-corrected chi connectivity index (χ1v) is 9.52. The van der Waals surface area contributed by atoms with E-state index in [0.29, 0.717) is 10.6 Å². The SMILES string of the molecule is CCCc1ccc(S(=O)(=O)/N=N/c2nc(CC(=O)O)c(C)s2)cc1. The van der Waals surface area contributed by atoms with Crippen LogP contribution >= 0.6 is 11.3 Å². The minimum Gasteiger partial charge on any atom is -0.481 e. The van der Waals surface area contributed by atoms with Crippen LogP contribution in [0.1, 0.15) is 29.5 Å². The van der Waals surface area contributed by atoms with Crippen LogP contribution in [-0.4, -0.2) is 24.5 Å². The van der Waals surface area contributed by atoms with Crippen LogP contribution in [-0.2, 0) is 27.7 Å². The van der Waals surface area contributed by atoms with Crippen LogP contribution < -0.4 is 0 Å². The molecule has 9 heteroatoms. The molecule has 0 saturated heterocycles. The Morgan fingerprint density at radius 1 is 1.29 bits per heavy atom. The molecule has 24 heavy (non-hydrogen) atoms. The Morgan fingerprint density at radius 2 is 1.96 bits per heavy atom. The van der Waals surface area contributed by atoms with E-state index in [0.717, 1.165) is 29.7 Å². The summed E-state index contributed by atoms with van der Waals surface area (Å²) in [6, 6.07) is 6.51. The molecule has 0 saturated carbocycles. The summed E-state index contributed by atoms with van der Waals surface area (Å²) >= 11 is 1.10. The second kappa shape index (κ2) is 7.63. The van der Waals surface area contributed by atoms with Gasteiger partial charge in [0.2, 0.25) is 5.13 Å². The molecule has 1 heterocycles. The zero-order valence-corrected chi connectivity index (χ0v) is 14.9. The Hall–Kier alpha value is -2.13. The molecule has 0 atom stereocenters. The van der Waals surface area contributed by atoms with Crippen LogP contribution in [0.5, 0.6) is 0 Å². The number of carbonyl (C=O) groups is 1. The summed E-state index contributed by atoms with van der Waals surface area (Å²) in [6.45, 7) is 3.75. The van der Waals surface area contributed by atoms with Gasteiger partial charge in [-0.3, -0.25) is 4.79 Å². The van der Waals surface area contributed by atoms with Gasteiger partial charge in [-0.15, -0.1) is 5.11 Å². The molecule has 0 aliphatic rings. The molecule has 2 aromatic rings. The molecule has 0 bridgehead atoms. The molecule has 0 aliphatic carbocycles. The third-order valence-electron chi connectivity index (χ3n) is 3.19. The van der Waals surface area contributed by atoms with E-state index in [1.165, 1.54) is 12.1 Å². The molecule has 1 N–H and O–H groups in total. The lowest BCUT2D eigenvalue weighted by Gasteiger charge is -2.00. The number of benzene rings is 1. The Labute approximate surface area is 144 Å². The number of nitrogens with zero attached hydrogens (tertiary/aromatic N) is 3. The van der Waals surface area contributed by atoms with Crippen LogP contribution in [0.15, 0.2) is 38.8 Å². The maximum Gasteiger partial charge on any atom is 0.309 e. The van der Waals surface area contributed by atoms with Crippen molar-refractivity contribution in [1.82, 2.24) is 4.98 Å². The number of sulfonamides is 1. The largest absolute Gasteiger partial charge is 0.481 e. The average Bonchev–Trinajstić information content (AvgIpc) is 2.86. The highest BCUT2D eigenvalue weighted by molar-refractivity contribution is 7.90. The highest BCUT2D eigenvalue weighted by Gasteiger charge is 2.15. The van der Waals surface area contributed by atoms with E-state index < -0.39 is 16.0 Å². The van der Waals surface area contributed by atoms with Crippen molar-refractivity contribution in [3.8, 4) is 0 Å². The lowest BCUT2D eigenvalue weighted by molar-refractivity contribution is -0.136. The quantitative estimate of drug-likeness (QED) is 0.753. The first kappa shape index (κ1) is 18.2. The van der Waals surface area contributed by atoms with Crippen molar-refractivity contribution < 1.29 is 18.3 Å². The number of carboxylic acids is 1. The Balaban J connectivity index is 2.19. The van der Waals surface area contributed by atoms with Gasteiger partial charge in [0.25, 0.3) is 10.0 Å². The van der Waals surface area contributed by atoms with Crippen LogP contribution in [0.2, 0.25) is 0 Å². The topological polar surface area (TPSA) is 109 Å². The number of aliphatic carboxylic acids is 1. The molecular weight excluding hydrogens is 350 g/mol. The number of aryl methyl sites for hydroxylation is 2. The lowest BCUT2D eigenvalue weighted by Crippen LogP contribution is -2.01. The fraction of sp³-hybridized carbons (Fsp3) is 0.333. The molecule has 128 valence electrons. The van der Waals surface area contributed by atoms with Crippen LogP contribution in [0.25, 0.3) is 0 Å². The predicted octanol–water partition coefficient (Wildman–Crippen LogP) is 3.50. The zero-order valence-electron chi connectivity index (χ0n) is 13.3. The van der Waals surface area contributed by atoms with Crippen molar-refractivity contribution in [1.29, 1.82) is 0 Å². The van der Waals surface area contributed by atoms with Gasteiger partial charge in [0, 0.05) is 4.88 Å². The van der Waals surface area contributed by atoms with Crippen molar-refractivity contribution in [2.45, 2.75) is 38.0 Å². The molecule has 0 amide bonds. The standard InChI is InChI=1S/C15H17N3O4S2/c1-3-4-11-5-7-12(8-6-11)24(21,22)18-17-15-16-13(9-14(19)20)10(2)23-15/h5-8H,3-4,9H2,1-2H3,(H,19,20)/b18-17+. The van der Waals surface area contributed by atoms with Gasteiger partial charge in [0.1, 0.15) is 0 Å². The summed E-state index contributed by atoms with van der Waals surface area (Å²) in [5.74, 6) is -1.01. The Morgan fingerprint density at radius 3 is 2.54 bits per heavy atom. The van der Waals surface area contributed by atoms with Gasteiger partial charge < -0.3 is 5.11 Å². The summed E-state index contributed by atoms with van der Waals surface area (Å²) in [5.41, 5.74) is 1.42. The molecule has 1 aromatic heterocycles. The molecule has 0 unspecified atom stereocenters. The number of aromatic nitrogens is 1. The molecule has 2 rings (SSSR count). The first-order chi connectivity index (χ1) is 11.3. The van der Waals surface area contributed by atoms with E-state index in [4.69, 9.17) is 5.11 Å². The van der Waals surface area contributed by atoms with Gasteiger partial charge in [0.15, 0.2) is 0 Å². The smallest absolute Gasteiger partial charge is 0.309 e. The molecule has 0 radical (unpaired) electrons. The van der Waals surface area contributed by atoms with Crippen LogP contribution in [0.4, 0.5) is 5.13 Å². The number of thiazole rings is 1. The van der Waals surface area contributed by atoms with Gasteiger partial charge in [-0.1, -0.05) is 41.3 Å². The summed E-state index contributed by atoms with van der Waals surface area (Å²) in [4.78, 5) is 15.5. The fourth-order valence-electron chi connectivity index (χ4n) is 2.02. The van der Waals surface area contributed by atoms with Gasteiger partial charge in [-0.25, -0.2) is 4.98 Å². The van der Waals surface area contributed by atoms with E-state index in [1.807, 2.05) is 6.92 Å². The summed E-state index contributed by atoms with van der Waals surface area (Å²) in [7, 11) is -3.91. The Kier molecular flexibility index (Phi) is 5.79. The molecular formula is C15H17N3O4S2. The van der Waals surface area contributed by atoms with Crippen molar-refractivity contribution in [2.75, 3.05) is 0 Å². The number of rotatable bonds is 7. The van der Waals surface area contributed by atoms with Gasteiger partial charge >= 0.3 is 5.97 Å². The summed E-state index contributed by atoms with van der Waals surface area (Å²) in [6.07, 6.45) is 1.63. The minimum absolute atomic E-state index is 0.0603. The monoisotopic (exact) mass is 367 g/mol.